The summed E-state index contributed by atoms with van der Waals surface area (Å²) in [5, 5.41) is 15.8. The van der Waals surface area contributed by atoms with Crippen LogP contribution in [-0.4, -0.2) is 21.3 Å². The van der Waals surface area contributed by atoms with E-state index in [-0.39, 0.29) is 5.75 Å². The van der Waals surface area contributed by atoms with Crippen molar-refractivity contribution in [1.29, 1.82) is 0 Å². The average Bonchev–Trinajstić information content (AvgIpc) is 2.09. The minimum Gasteiger partial charge on any atom is -0.508 e. The number of aryl methyl sites for hydroxylation is 1. The first-order valence-corrected chi connectivity index (χ1v) is 5.43. The molecule has 1 aromatic rings. The molecule has 0 aromatic heterocycles. The highest BCUT2D eigenvalue weighted by Gasteiger charge is 1.99. The molecule has 15 heavy (non-hydrogen) atoms. The second-order valence-corrected chi connectivity index (χ2v) is 3.77. The van der Waals surface area contributed by atoms with E-state index in [1.54, 1.807) is 12.1 Å². The van der Waals surface area contributed by atoms with Gasteiger partial charge in [-0.05, 0) is 29.9 Å². The molecular weight excluding hydrogens is 256 g/mol. The van der Waals surface area contributed by atoms with Gasteiger partial charge in [0.15, 0.2) is 0 Å². The van der Waals surface area contributed by atoms with E-state index >= 15 is 0 Å². The topological polar surface area (TPSA) is 57.5 Å². The minimum atomic E-state index is -1.14. The molecule has 0 bridgehead atoms. The number of phenolic OH excluding ortho intramolecular Hbond substituents is 1. The van der Waals surface area contributed by atoms with Crippen molar-refractivity contribution in [3.05, 3.63) is 28.8 Å². The lowest BCUT2D eigenvalue weighted by molar-refractivity contribution is 0.222. The fraction of sp³-hybridized carbons (Fsp3) is 0.222. The quantitative estimate of drug-likeness (QED) is 0.622. The zero-order valence-electron chi connectivity index (χ0n) is 7.72. The van der Waals surface area contributed by atoms with Crippen molar-refractivity contribution >= 4 is 42.2 Å². The molecular formula is C9H11ClO3S2. The van der Waals surface area contributed by atoms with Gasteiger partial charge in [0.2, 0.25) is 0 Å². The molecule has 2 N–H and O–H groups in total. The number of aromatic hydroxyl groups is 1. The highest BCUT2D eigenvalue weighted by atomic mass is 35.5. The molecule has 0 fully saturated rings. The lowest BCUT2D eigenvalue weighted by atomic mass is 10.2. The lowest BCUT2D eigenvalue weighted by Gasteiger charge is -2.01. The zero-order valence-corrected chi connectivity index (χ0v) is 10.3. The van der Waals surface area contributed by atoms with Gasteiger partial charge in [-0.2, -0.15) is 12.6 Å². The first kappa shape index (κ1) is 14.5. The van der Waals surface area contributed by atoms with Crippen LogP contribution in [0.1, 0.15) is 5.56 Å². The fourth-order valence-electron chi connectivity index (χ4n) is 0.859. The molecule has 84 valence electrons. The van der Waals surface area contributed by atoms with E-state index in [2.05, 4.69) is 25.3 Å². The first-order chi connectivity index (χ1) is 6.97. The van der Waals surface area contributed by atoms with E-state index in [1.807, 2.05) is 6.07 Å². The molecule has 0 aliphatic heterocycles. The summed E-state index contributed by atoms with van der Waals surface area (Å²) in [6, 6.07) is 4.98. The summed E-state index contributed by atoms with van der Waals surface area (Å²) in [5.41, 5.74) is 1.03. The number of phenols is 1. The van der Waals surface area contributed by atoms with Crippen LogP contribution in [0.15, 0.2) is 18.2 Å². The van der Waals surface area contributed by atoms with Gasteiger partial charge in [-0.1, -0.05) is 30.3 Å². The summed E-state index contributed by atoms with van der Waals surface area (Å²) >= 11 is 12.8. The molecule has 0 amide bonds. The van der Waals surface area contributed by atoms with Gasteiger partial charge in [-0.3, -0.25) is 0 Å². The number of halogens is 1. The molecule has 3 nitrogen and oxygen atoms in total. The molecule has 6 heteroatoms. The van der Waals surface area contributed by atoms with E-state index < -0.39 is 5.30 Å². The summed E-state index contributed by atoms with van der Waals surface area (Å²) < 4.78 is 0. The normalized spacial score (nSPS) is 9.00. The Hall–Kier alpha value is -0.520. The van der Waals surface area contributed by atoms with Crippen molar-refractivity contribution in [2.75, 3.05) is 5.75 Å². The average molecular weight is 267 g/mol. The molecule has 0 aliphatic carbocycles. The van der Waals surface area contributed by atoms with Crippen LogP contribution in [-0.2, 0) is 6.42 Å². The number of hydrogen-bond acceptors (Lipinski definition) is 3. The molecule has 0 heterocycles. The molecule has 0 radical (unpaired) electrons. The number of thiol groups is 2. The number of hydrogen-bond donors (Lipinski definition) is 4. The molecule has 0 aliphatic rings. The molecule has 0 unspecified atom stereocenters. The van der Waals surface area contributed by atoms with Crippen molar-refractivity contribution in [2.24, 2.45) is 0 Å². The van der Waals surface area contributed by atoms with Gasteiger partial charge in [0.1, 0.15) is 5.75 Å². The van der Waals surface area contributed by atoms with Crippen molar-refractivity contribution < 1.29 is 15.0 Å². The highest BCUT2D eigenvalue weighted by Crippen LogP contribution is 2.21. The molecule has 0 atom stereocenters. The Labute approximate surface area is 104 Å². The van der Waals surface area contributed by atoms with Gasteiger partial charge < -0.3 is 10.2 Å². The predicted octanol–water partition coefficient (Wildman–Crippen LogP) is 3.11. The largest absolute Gasteiger partial charge is 0.508 e. The summed E-state index contributed by atoms with van der Waals surface area (Å²) in [7, 11) is 0. The van der Waals surface area contributed by atoms with Crippen LogP contribution in [0.5, 0.6) is 5.75 Å². The van der Waals surface area contributed by atoms with Crippen molar-refractivity contribution in [2.45, 2.75) is 6.42 Å². The predicted molar refractivity (Wildman–Crippen MR) is 67.7 cm³/mol. The Balaban J connectivity index is 0.000000423. The third-order valence-electron chi connectivity index (χ3n) is 1.42. The second kappa shape index (κ2) is 7.73. The Morgan fingerprint density at radius 1 is 1.47 bits per heavy atom. The van der Waals surface area contributed by atoms with E-state index in [9.17, 15) is 0 Å². The van der Waals surface area contributed by atoms with Crippen LogP contribution in [0.25, 0.3) is 0 Å². The molecule has 1 aromatic carbocycles. The third-order valence-corrected chi connectivity index (χ3v) is 1.99. The third kappa shape index (κ3) is 7.41. The highest BCUT2D eigenvalue weighted by molar-refractivity contribution is 7.96. The van der Waals surface area contributed by atoms with Crippen LogP contribution >= 0.6 is 36.9 Å². The zero-order chi connectivity index (χ0) is 11.8. The Bertz CT molecular complexity index is 327. The van der Waals surface area contributed by atoms with E-state index in [1.165, 1.54) is 0 Å². The van der Waals surface area contributed by atoms with Gasteiger partial charge in [-0.15, -0.1) is 0 Å². The van der Waals surface area contributed by atoms with E-state index in [0.717, 1.165) is 17.7 Å². The smallest absolute Gasteiger partial charge is 0.361 e. The maximum absolute atomic E-state index is 9.00. The van der Waals surface area contributed by atoms with Crippen LogP contribution in [0.2, 0.25) is 5.02 Å². The molecule has 1 rings (SSSR count). The van der Waals surface area contributed by atoms with Gasteiger partial charge in [0.25, 0.3) is 0 Å². The number of rotatable bonds is 2. The summed E-state index contributed by atoms with van der Waals surface area (Å²) in [6.45, 7) is 0. The van der Waals surface area contributed by atoms with Crippen LogP contribution in [0.4, 0.5) is 4.79 Å². The number of carboxylic acid groups (broad SMARTS) is 1. The van der Waals surface area contributed by atoms with Gasteiger partial charge in [-0.25, -0.2) is 4.79 Å². The SMILES string of the molecule is O=C(O)S.Oc1ccc(CCS)c(Cl)c1. The summed E-state index contributed by atoms with van der Waals surface area (Å²) in [6.07, 6.45) is 0.836. The van der Waals surface area contributed by atoms with Crippen molar-refractivity contribution in [1.82, 2.24) is 0 Å². The van der Waals surface area contributed by atoms with Gasteiger partial charge in [0.05, 0.1) is 0 Å². The minimum absolute atomic E-state index is 0.206. The van der Waals surface area contributed by atoms with Crippen LogP contribution in [0, 0.1) is 0 Å². The maximum Gasteiger partial charge on any atom is 0.361 e. The molecule has 0 spiro atoms. The second-order valence-electron chi connectivity index (χ2n) is 2.53. The fourth-order valence-corrected chi connectivity index (χ4v) is 1.37. The molecule has 0 saturated carbocycles. The van der Waals surface area contributed by atoms with Crippen LogP contribution < -0.4 is 0 Å². The lowest BCUT2D eigenvalue weighted by Crippen LogP contribution is -1.86. The maximum atomic E-state index is 9.00. The Morgan fingerprint density at radius 3 is 2.40 bits per heavy atom. The molecule has 0 saturated heterocycles. The summed E-state index contributed by atoms with van der Waals surface area (Å²) in [5.74, 6) is 0.975. The van der Waals surface area contributed by atoms with Crippen molar-refractivity contribution in [3.8, 4) is 5.75 Å². The van der Waals surface area contributed by atoms with E-state index in [0.29, 0.717) is 5.02 Å². The van der Waals surface area contributed by atoms with E-state index in [4.69, 9.17) is 26.6 Å². The Kier molecular flexibility index (Phi) is 7.46. The Morgan fingerprint density at radius 2 is 2.00 bits per heavy atom. The van der Waals surface area contributed by atoms with Gasteiger partial charge in [0, 0.05) is 5.02 Å². The van der Waals surface area contributed by atoms with Crippen molar-refractivity contribution in [3.63, 3.8) is 0 Å². The first-order valence-electron chi connectivity index (χ1n) is 3.97. The number of benzene rings is 1. The monoisotopic (exact) mass is 266 g/mol. The van der Waals surface area contributed by atoms with Crippen LogP contribution in [0.3, 0.4) is 0 Å². The number of carbonyl (C=O) groups is 1. The standard InChI is InChI=1S/C8H9ClOS.CH2O2S/c9-8-5-7(10)2-1-6(8)3-4-11;2-1(3)4/h1-2,5,10-11H,3-4H2;4H,(H,2,3). The summed E-state index contributed by atoms with van der Waals surface area (Å²) in [4.78, 5) is 8.86. The van der Waals surface area contributed by atoms with Gasteiger partial charge >= 0.3 is 5.30 Å².